The van der Waals surface area contributed by atoms with Crippen molar-refractivity contribution in [3.05, 3.63) is 94.5 Å². The number of oxime groups is 1. The van der Waals surface area contributed by atoms with E-state index in [9.17, 15) is 9.59 Å². The molecule has 0 heterocycles. The molecule has 0 aliphatic carbocycles. The summed E-state index contributed by atoms with van der Waals surface area (Å²) in [5.41, 5.74) is 12.5. The number of ether oxygens (including phenoxy) is 2. The second-order valence-electron chi connectivity index (χ2n) is 6.58. The van der Waals surface area contributed by atoms with Crippen molar-refractivity contribution in [3.8, 4) is 11.5 Å². The zero-order valence-corrected chi connectivity index (χ0v) is 17.6. The fraction of sp³-hybridized carbons (Fsp3) is 0.0870. The van der Waals surface area contributed by atoms with Crippen LogP contribution < -0.4 is 20.9 Å². The van der Waals surface area contributed by atoms with Crippen LogP contribution in [0.25, 0.3) is 0 Å². The fourth-order valence-electron chi connectivity index (χ4n) is 2.58. The van der Waals surface area contributed by atoms with Crippen molar-refractivity contribution in [1.29, 1.82) is 0 Å². The molecule has 0 bridgehead atoms. The number of nitrogens with zero attached hydrogens (tertiary/aromatic N) is 1. The van der Waals surface area contributed by atoms with Gasteiger partial charge < -0.3 is 25.8 Å². The second kappa shape index (κ2) is 10.8. The number of carbonyl (C=O) groups excluding carboxylic acids is 2. The SMILES string of the molecule is NC(=O)COc1ccc(/C(N)=N/OC(=O)c2cccc(COc3cccc(Cl)c3)c2)cc1. The van der Waals surface area contributed by atoms with Gasteiger partial charge in [0.2, 0.25) is 0 Å². The van der Waals surface area contributed by atoms with Crippen LogP contribution in [-0.2, 0) is 16.2 Å². The van der Waals surface area contributed by atoms with Gasteiger partial charge in [0.1, 0.15) is 18.1 Å². The van der Waals surface area contributed by atoms with Crippen molar-refractivity contribution < 1.29 is 23.9 Å². The molecule has 164 valence electrons. The molecule has 32 heavy (non-hydrogen) atoms. The van der Waals surface area contributed by atoms with Crippen LogP contribution in [0.2, 0.25) is 5.02 Å². The van der Waals surface area contributed by atoms with Crippen LogP contribution in [0.1, 0.15) is 21.5 Å². The molecule has 0 aromatic heterocycles. The minimum Gasteiger partial charge on any atom is -0.489 e. The van der Waals surface area contributed by atoms with Gasteiger partial charge in [-0.25, -0.2) is 4.79 Å². The van der Waals surface area contributed by atoms with E-state index in [1.807, 2.05) is 6.07 Å². The van der Waals surface area contributed by atoms with Gasteiger partial charge in [0.15, 0.2) is 12.4 Å². The number of benzene rings is 3. The van der Waals surface area contributed by atoms with Gasteiger partial charge in [-0.15, -0.1) is 0 Å². The quantitative estimate of drug-likeness (QED) is 0.221. The average Bonchev–Trinajstić information content (AvgIpc) is 2.80. The van der Waals surface area contributed by atoms with Crippen molar-refractivity contribution in [2.24, 2.45) is 16.6 Å². The molecule has 0 saturated carbocycles. The van der Waals surface area contributed by atoms with Crippen LogP contribution in [0.5, 0.6) is 11.5 Å². The van der Waals surface area contributed by atoms with Gasteiger partial charge in [0.25, 0.3) is 5.91 Å². The van der Waals surface area contributed by atoms with Crippen molar-refractivity contribution in [2.75, 3.05) is 6.61 Å². The van der Waals surface area contributed by atoms with Gasteiger partial charge in [-0.1, -0.05) is 35.0 Å². The summed E-state index contributed by atoms with van der Waals surface area (Å²) in [6.45, 7) is 0.0147. The Morgan fingerprint density at radius 3 is 2.31 bits per heavy atom. The van der Waals surface area contributed by atoms with Gasteiger partial charge in [-0.2, -0.15) is 0 Å². The predicted octanol–water partition coefficient (Wildman–Crippen LogP) is 3.26. The van der Waals surface area contributed by atoms with Crippen LogP contribution in [-0.4, -0.2) is 24.3 Å². The maximum Gasteiger partial charge on any atom is 0.365 e. The molecule has 8 nitrogen and oxygen atoms in total. The summed E-state index contributed by atoms with van der Waals surface area (Å²) in [5.74, 6) is -0.190. The summed E-state index contributed by atoms with van der Waals surface area (Å²) >= 11 is 5.94. The van der Waals surface area contributed by atoms with E-state index in [1.165, 1.54) is 0 Å². The summed E-state index contributed by atoms with van der Waals surface area (Å²) in [7, 11) is 0. The molecule has 0 spiro atoms. The number of carbonyl (C=O) groups is 2. The standard InChI is InChI=1S/C23H20ClN3O5/c24-18-5-2-6-20(12-18)30-13-15-3-1-4-17(11-15)23(29)32-27-22(26)16-7-9-19(10-8-16)31-14-21(25)28/h1-12H,13-14H2,(H2,25,28)(H2,26,27). The number of primary amides is 1. The molecule has 3 aromatic rings. The molecule has 4 N–H and O–H groups in total. The molecule has 0 aliphatic heterocycles. The van der Waals surface area contributed by atoms with E-state index in [1.54, 1.807) is 66.7 Å². The van der Waals surface area contributed by atoms with E-state index in [2.05, 4.69) is 5.16 Å². The summed E-state index contributed by atoms with van der Waals surface area (Å²) < 4.78 is 10.8. The molecule has 0 unspecified atom stereocenters. The maximum atomic E-state index is 12.3. The van der Waals surface area contributed by atoms with Crippen LogP contribution in [0.4, 0.5) is 0 Å². The molecule has 0 aliphatic rings. The van der Waals surface area contributed by atoms with Gasteiger partial charge >= 0.3 is 5.97 Å². The third kappa shape index (κ3) is 6.75. The maximum absolute atomic E-state index is 12.3. The normalized spacial score (nSPS) is 11.0. The summed E-state index contributed by atoms with van der Waals surface area (Å²) in [4.78, 5) is 28.1. The summed E-state index contributed by atoms with van der Waals surface area (Å²) in [5, 5.41) is 4.26. The molecule has 0 saturated heterocycles. The number of amides is 1. The van der Waals surface area contributed by atoms with Crippen LogP contribution in [0.15, 0.2) is 78.0 Å². The third-order valence-electron chi connectivity index (χ3n) is 4.12. The molecular formula is C23H20ClN3O5. The smallest absolute Gasteiger partial charge is 0.365 e. The third-order valence-corrected chi connectivity index (χ3v) is 4.36. The Hall–Kier alpha value is -4.04. The van der Waals surface area contributed by atoms with Crippen molar-refractivity contribution >= 4 is 29.3 Å². The zero-order valence-electron chi connectivity index (χ0n) is 16.9. The highest BCUT2D eigenvalue weighted by Gasteiger charge is 2.10. The Morgan fingerprint density at radius 2 is 1.59 bits per heavy atom. The first-order chi connectivity index (χ1) is 15.4. The molecule has 0 radical (unpaired) electrons. The Morgan fingerprint density at radius 1 is 0.844 bits per heavy atom. The number of amidine groups is 1. The van der Waals surface area contributed by atoms with E-state index < -0.39 is 11.9 Å². The van der Waals surface area contributed by atoms with Crippen molar-refractivity contribution in [2.45, 2.75) is 6.61 Å². The molecule has 3 rings (SSSR count). The highest BCUT2D eigenvalue weighted by atomic mass is 35.5. The molecule has 1 amide bonds. The first-order valence-electron chi connectivity index (χ1n) is 9.44. The number of halogens is 1. The summed E-state index contributed by atoms with van der Waals surface area (Å²) in [6, 6.07) is 20.2. The zero-order chi connectivity index (χ0) is 22.9. The van der Waals surface area contributed by atoms with E-state index in [-0.39, 0.29) is 19.0 Å². The van der Waals surface area contributed by atoms with Gasteiger partial charge in [-0.05, 0) is 60.2 Å². The Kier molecular flexibility index (Phi) is 7.66. The van der Waals surface area contributed by atoms with E-state index in [4.69, 9.17) is 37.4 Å². The molecule has 3 aromatic carbocycles. The van der Waals surface area contributed by atoms with E-state index >= 15 is 0 Å². The molecule has 0 atom stereocenters. The topological polar surface area (TPSA) is 126 Å². The van der Waals surface area contributed by atoms with Gasteiger partial charge in [0, 0.05) is 10.6 Å². The number of rotatable bonds is 9. The highest BCUT2D eigenvalue weighted by Crippen LogP contribution is 2.19. The molecular weight excluding hydrogens is 434 g/mol. The minimum atomic E-state index is -0.668. The van der Waals surface area contributed by atoms with Crippen molar-refractivity contribution in [3.63, 3.8) is 0 Å². The number of hydrogen-bond acceptors (Lipinski definition) is 6. The number of nitrogens with two attached hydrogens (primary N) is 2. The monoisotopic (exact) mass is 453 g/mol. The van der Waals surface area contributed by atoms with Gasteiger partial charge in [0.05, 0.1) is 5.56 Å². The lowest BCUT2D eigenvalue weighted by Gasteiger charge is -2.08. The second-order valence-corrected chi connectivity index (χ2v) is 7.02. The predicted molar refractivity (Wildman–Crippen MR) is 119 cm³/mol. The van der Waals surface area contributed by atoms with Crippen LogP contribution in [0.3, 0.4) is 0 Å². The lowest BCUT2D eigenvalue weighted by molar-refractivity contribution is -0.119. The van der Waals surface area contributed by atoms with Crippen LogP contribution in [0, 0.1) is 0 Å². The first kappa shape index (κ1) is 22.6. The fourth-order valence-corrected chi connectivity index (χ4v) is 2.76. The minimum absolute atomic E-state index is 0.000227. The highest BCUT2D eigenvalue weighted by molar-refractivity contribution is 6.30. The Balaban J connectivity index is 1.58. The van der Waals surface area contributed by atoms with Crippen molar-refractivity contribution in [1.82, 2.24) is 0 Å². The Bertz CT molecular complexity index is 1130. The largest absolute Gasteiger partial charge is 0.489 e. The average molecular weight is 454 g/mol. The van der Waals surface area contributed by atoms with E-state index in [0.29, 0.717) is 27.6 Å². The van der Waals surface area contributed by atoms with E-state index in [0.717, 1.165) is 5.56 Å². The molecule has 9 heteroatoms. The lowest BCUT2D eigenvalue weighted by atomic mass is 10.1. The first-order valence-corrected chi connectivity index (χ1v) is 9.82. The lowest BCUT2D eigenvalue weighted by Crippen LogP contribution is -2.20. The molecule has 0 fully saturated rings. The number of hydrogen-bond donors (Lipinski definition) is 2. The van der Waals surface area contributed by atoms with Gasteiger partial charge in [-0.3, -0.25) is 4.79 Å². The Labute approximate surface area is 189 Å². The summed E-state index contributed by atoms with van der Waals surface area (Å²) in [6.07, 6.45) is 0. The van der Waals surface area contributed by atoms with Crippen LogP contribution >= 0.6 is 11.6 Å².